The summed E-state index contributed by atoms with van der Waals surface area (Å²) in [5.74, 6) is 0.185. The predicted molar refractivity (Wildman–Crippen MR) is 53.1 cm³/mol. The molecular weight excluding hydrogens is 231 g/mol. The van der Waals surface area contributed by atoms with E-state index in [2.05, 4.69) is 4.74 Å². The zero-order valence-corrected chi connectivity index (χ0v) is 8.57. The Morgan fingerprint density at radius 2 is 1.93 bits per heavy atom. The highest BCUT2D eigenvalue weighted by Crippen LogP contribution is 2.19. The average molecular weight is 242 g/mol. The SMILES string of the molecule is Cl.NCc1cccc(OCC(F)(F)F)c1. The van der Waals surface area contributed by atoms with Crippen LogP contribution in [0.3, 0.4) is 0 Å². The van der Waals surface area contributed by atoms with E-state index in [1.165, 1.54) is 12.1 Å². The Morgan fingerprint density at radius 3 is 2.47 bits per heavy atom. The highest BCUT2D eigenvalue weighted by atomic mass is 35.5. The summed E-state index contributed by atoms with van der Waals surface area (Å²) in [4.78, 5) is 0. The molecule has 1 aromatic carbocycles. The summed E-state index contributed by atoms with van der Waals surface area (Å²) in [6.45, 7) is -0.996. The first-order valence-corrected chi connectivity index (χ1v) is 4.00. The van der Waals surface area contributed by atoms with Gasteiger partial charge in [0.25, 0.3) is 0 Å². The molecule has 2 nitrogen and oxygen atoms in total. The van der Waals surface area contributed by atoms with E-state index in [1.54, 1.807) is 12.1 Å². The number of ether oxygens (including phenoxy) is 1. The fourth-order valence-corrected chi connectivity index (χ4v) is 0.927. The van der Waals surface area contributed by atoms with Gasteiger partial charge in [0.1, 0.15) is 5.75 Å². The molecule has 1 aromatic rings. The maximum atomic E-state index is 11.8. The molecule has 0 heterocycles. The van der Waals surface area contributed by atoms with E-state index < -0.39 is 12.8 Å². The summed E-state index contributed by atoms with van der Waals surface area (Å²) in [7, 11) is 0. The van der Waals surface area contributed by atoms with Crippen LogP contribution in [0.15, 0.2) is 24.3 Å². The summed E-state index contributed by atoms with van der Waals surface area (Å²) in [5, 5.41) is 0. The number of alkyl halides is 3. The zero-order valence-electron chi connectivity index (χ0n) is 7.75. The van der Waals surface area contributed by atoms with Crippen molar-refractivity contribution in [3.63, 3.8) is 0 Å². The van der Waals surface area contributed by atoms with E-state index in [0.717, 1.165) is 5.56 Å². The lowest BCUT2D eigenvalue weighted by atomic mass is 10.2. The van der Waals surface area contributed by atoms with E-state index in [0.29, 0.717) is 0 Å². The lowest BCUT2D eigenvalue weighted by molar-refractivity contribution is -0.153. The van der Waals surface area contributed by atoms with Gasteiger partial charge in [-0.1, -0.05) is 12.1 Å². The predicted octanol–water partition coefficient (Wildman–Crippen LogP) is 2.51. The topological polar surface area (TPSA) is 35.2 Å². The van der Waals surface area contributed by atoms with Crippen LogP contribution in [0, 0.1) is 0 Å². The van der Waals surface area contributed by atoms with Gasteiger partial charge >= 0.3 is 6.18 Å². The maximum Gasteiger partial charge on any atom is 0.422 e. The Balaban J connectivity index is 0.00000196. The molecule has 0 radical (unpaired) electrons. The van der Waals surface area contributed by atoms with Crippen LogP contribution in [0.25, 0.3) is 0 Å². The van der Waals surface area contributed by atoms with Crippen LogP contribution in [0.1, 0.15) is 5.56 Å². The van der Waals surface area contributed by atoms with Crippen LogP contribution in [0.2, 0.25) is 0 Å². The molecule has 0 unspecified atom stereocenters. The highest BCUT2D eigenvalue weighted by Gasteiger charge is 2.28. The summed E-state index contributed by atoms with van der Waals surface area (Å²) in [6.07, 6.45) is -4.31. The van der Waals surface area contributed by atoms with Gasteiger partial charge in [-0.05, 0) is 17.7 Å². The fourth-order valence-electron chi connectivity index (χ4n) is 0.927. The normalized spacial score (nSPS) is 10.7. The number of halogens is 4. The minimum atomic E-state index is -4.31. The van der Waals surface area contributed by atoms with Gasteiger partial charge in [-0.15, -0.1) is 12.4 Å². The van der Waals surface area contributed by atoms with E-state index in [-0.39, 0.29) is 24.7 Å². The maximum absolute atomic E-state index is 11.8. The van der Waals surface area contributed by atoms with Crippen molar-refractivity contribution >= 4 is 12.4 Å². The lowest BCUT2D eigenvalue weighted by Crippen LogP contribution is -2.19. The first kappa shape index (κ1) is 14.1. The largest absolute Gasteiger partial charge is 0.484 e. The van der Waals surface area contributed by atoms with Crippen molar-refractivity contribution in [1.29, 1.82) is 0 Å². The molecular formula is C9H11ClF3NO. The molecule has 15 heavy (non-hydrogen) atoms. The second-order valence-corrected chi connectivity index (χ2v) is 2.76. The lowest BCUT2D eigenvalue weighted by Gasteiger charge is -2.09. The first-order valence-electron chi connectivity index (χ1n) is 4.00. The number of hydrogen-bond donors (Lipinski definition) is 1. The van der Waals surface area contributed by atoms with Crippen LogP contribution < -0.4 is 10.5 Å². The molecule has 0 atom stereocenters. The second-order valence-electron chi connectivity index (χ2n) is 2.76. The molecule has 6 heteroatoms. The molecule has 0 aromatic heterocycles. The molecule has 0 aliphatic heterocycles. The van der Waals surface area contributed by atoms with E-state index in [1.807, 2.05) is 0 Å². The van der Waals surface area contributed by atoms with Gasteiger partial charge < -0.3 is 10.5 Å². The zero-order chi connectivity index (χ0) is 10.6. The number of benzene rings is 1. The molecule has 0 bridgehead atoms. The molecule has 86 valence electrons. The van der Waals surface area contributed by atoms with Gasteiger partial charge in [0.05, 0.1) is 0 Å². The van der Waals surface area contributed by atoms with Crippen LogP contribution in [0.5, 0.6) is 5.75 Å². The van der Waals surface area contributed by atoms with Gasteiger partial charge in [-0.25, -0.2) is 0 Å². The van der Waals surface area contributed by atoms with Gasteiger partial charge in [-0.3, -0.25) is 0 Å². The van der Waals surface area contributed by atoms with E-state index in [4.69, 9.17) is 5.73 Å². The van der Waals surface area contributed by atoms with E-state index >= 15 is 0 Å². The fraction of sp³-hybridized carbons (Fsp3) is 0.333. The molecule has 1 rings (SSSR count). The van der Waals surface area contributed by atoms with Crippen molar-refractivity contribution in [2.24, 2.45) is 5.73 Å². The average Bonchev–Trinajstić information content (AvgIpc) is 2.14. The van der Waals surface area contributed by atoms with Crippen LogP contribution in [-0.2, 0) is 6.54 Å². The molecule has 0 saturated heterocycles. The molecule has 0 saturated carbocycles. The summed E-state index contributed by atoms with van der Waals surface area (Å²) < 4.78 is 39.9. The first-order chi connectivity index (χ1) is 6.51. The van der Waals surface area contributed by atoms with Gasteiger partial charge in [0, 0.05) is 6.54 Å². The number of rotatable bonds is 3. The van der Waals surface area contributed by atoms with Crippen LogP contribution in [-0.4, -0.2) is 12.8 Å². The summed E-state index contributed by atoms with van der Waals surface area (Å²) in [6, 6.07) is 6.28. The highest BCUT2D eigenvalue weighted by molar-refractivity contribution is 5.85. The van der Waals surface area contributed by atoms with Crippen molar-refractivity contribution in [3.05, 3.63) is 29.8 Å². The van der Waals surface area contributed by atoms with Crippen molar-refractivity contribution in [2.75, 3.05) is 6.61 Å². The Morgan fingerprint density at radius 1 is 1.27 bits per heavy atom. The third-order valence-electron chi connectivity index (χ3n) is 1.54. The summed E-state index contributed by atoms with van der Waals surface area (Å²) >= 11 is 0. The summed E-state index contributed by atoms with van der Waals surface area (Å²) in [5.41, 5.74) is 6.06. The van der Waals surface area contributed by atoms with E-state index in [9.17, 15) is 13.2 Å². The minimum absolute atomic E-state index is 0. The van der Waals surface area contributed by atoms with Gasteiger partial charge in [0.15, 0.2) is 6.61 Å². The Kier molecular flexibility index (Phi) is 5.46. The molecule has 0 spiro atoms. The molecule has 0 fully saturated rings. The number of nitrogens with two attached hydrogens (primary N) is 1. The van der Waals surface area contributed by atoms with Crippen molar-refractivity contribution in [3.8, 4) is 5.75 Å². The van der Waals surface area contributed by atoms with Gasteiger partial charge in [0.2, 0.25) is 0 Å². The third-order valence-corrected chi connectivity index (χ3v) is 1.54. The smallest absolute Gasteiger partial charge is 0.422 e. The molecule has 0 aliphatic rings. The Bertz CT molecular complexity index is 304. The molecule has 0 amide bonds. The molecule has 0 aliphatic carbocycles. The van der Waals surface area contributed by atoms with Crippen molar-refractivity contribution < 1.29 is 17.9 Å². The molecule has 2 N–H and O–H groups in total. The van der Waals surface area contributed by atoms with Gasteiger partial charge in [-0.2, -0.15) is 13.2 Å². The third kappa shape index (κ3) is 5.49. The standard InChI is InChI=1S/C9H10F3NO.ClH/c10-9(11,12)6-14-8-3-1-2-7(4-8)5-13;/h1-4H,5-6,13H2;1H. The van der Waals surface area contributed by atoms with Crippen LogP contribution >= 0.6 is 12.4 Å². The Hall–Kier alpha value is -0.940. The Labute approximate surface area is 91.6 Å². The monoisotopic (exact) mass is 241 g/mol. The van der Waals surface area contributed by atoms with Crippen molar-refractivity contribution in [1.82, 2.24) is 0 Å². The minimum Gasteiger partial charge on any atom is -0.484 e. The number of hydrogen-bond acceptors (Lipinski definition) is 2. The quantitative estimate of drug-likeness (QED) is 0.883. The van der Waals surface area contributed by atoms with Crippen LogP contribution in [0.4, 0.5) is 13.2 Å². The van der Waals surface area contributed by atoms with Crippen molar-refractivity contribution in [2.45, 2.75) is 12.7 Å². The second kappa shape index (κ2) is 5.82.